The van der Waals surface area contributed by atoms with Gasteiger partial charge in [-0.1, -0.05) is 13.0 Å². The van der Waals surface area contributed by atoms with Crippen molar-refractivity contribution in [1.82, 2.24) is 10.6 Å². The number of thiophene rings is 1. The van der Waals surface area contributed by atoms with E-state index in [1.165, 1.54) is 10.6 Å². The molecule has 4 nitrogen and oxygen atoms in total. The molecule has 2 aliphatic heterocycles. The molecule has 1 spiro atoms. The number of rotatable bonds is 4. The van der Waals surface area contributed by atoms with E-state index in [2.05, 4.69) is 35.1 Å². The van der Waals surface area contributed by atoms with E-state index in [1.807, 2.05) is 11.8 Å². The van der Waals surface area contributed by atoms with Gasteiger partial charge in [-0.05, 0) is 36.5 Å². The summed E-state index contributed by atoms with van der Waals surface area (Å²) < 4.78 is 5.99. The number of hydrogen-bond acceptors (Lipinski definition) is 4. The SMILES string of the molecule is CC(CNC(=O)NC1CCOC2(CCSC2)C1)c1cccs1. The van der Waals surface area contributed by atoms with Crippen LogP contribution in [0.2, 0.25) is 0 Å². The van der Waals surface area contributed by atoms with Crippen LogP contribution in [0.5, 0.6) is 0 Å². The second kappa shape index (κ2) is 7.23. The molecule has 2 aliphatic rings. The van der Waals surface area contributed by atoms with Crippen molar-refractivity contribution in [1.29, 1.82) is 0 Å². The molecule has 2 fully saturated rings. The monoisotopic (exact) mass is 340 g/mol. The van der Waals surface area contributed by atoms with E-state index in [-0.39, 0.29) is 17.7 Å². The van der Waals surface area contributed by atoms with Crippen molar-refractivity contribution in [2.24, 2.45) is 0 Å². The second-order valence-electron chi connectivity index (χ2n) is 6.29. The van der Waals surface area contributed by atoms with Gasteiger partial charge in [-0.15, -0.1) is 11.3 Å². The number of hydrogen-bond donors (Lipinski definition) is 2. The van der Waals surface area contributed by atoms with Gasteiger partial charge >= 0.3 is 6.03 Å². The summed E-state index contributed by atoms with van der Waals surface area (Å²) in [6.45, 7) is 3.58. The topological polar surface area (TPSA) is 50.4 Å². The fourth-order valence-corrected chi connectivity index (χ4v) is 5.33. The maximum Gasteiger partial charge on any atom is 0.315 e. The molecule has 3 unspecified atom stereocenters. The fourth-order valence-electron chi connectivity index (χ4n) is 3.17. The van der Waals surface area contributed by atoms with Crippen molar-refractivity contribution in [2.45, 2.75) is 43.7 Å². The molecule has 0 saturated carbocycles. The van der Waals surface area contributed by atoms with Crippen molar-refractivity contribution in [3.8, 4) is 0 Å². The number of urea groups is 1. The van der Waals surface area contributed by atoms with E-state index in [9.17, 15) is 4.79 Å². The number of nitrogens with one attached hydrogen (secondary N) is 2. The molecular weight excluding hydrogens is 316 g/mol. The van der Waals surface area contributed by atoms with Crippen LogP contribution in [0.3, 0.4) is 0 Å². The van der Waals surface area contributed by atoms with Gasteiger partial charge in [0, 0.05) is 35.7 Å². The number of carbonyl (C=O) groups is 1. The quantitative estimate of drug-likeness (QED) is 0.885. The Kier molecular flexibility index (Phi) is 5.31. The predicted octanol–water partition coefficient (Wildman–Crippen LogP) is 3.21. The molecule has 1 aromatic heterocycles. The molecule has 2 N–H and O–H groups in total. The Bertz CT molecular complexity index is 486. The van der Waals surface area contributed by atoms with Crippen molar-refractivity contribution in [3.05, 3.63) is 22.4 Å². The molecule has 0 aromatic carbocycles. The lowest BCUT2D eigenvalue weighted by Gasteiger charge is -2.38. The summed E-state index contributed by atoms with van der Waals surface area (Å²) in [7, 11) is 0. The largest absolute Gasteiger partial charge is 0.374 e. The van der Waals surface area contributed by atoms with Crippen LogP contribution >= 0.6 is 23.1 Å². The third kappa shape index (κ3) is 3.97. The first kappa shape index (κ1) is 16.1. The van der Waals surface area contributed by atoms with Crippen molar-refractivity contribution < 1.29 is 9.53 Å². The van der Waals surface area contributed by atoms with Crippen LogP contribution in [0.4, 0.5) is 4.79 Å². The maximum absolute atomic E-state index is 12.1. The van der Waals surface area contributed by atoms with E-state index in [1.54, 1.807) is 11.3 Å². The standard InChI is InChI=1S/C16H24N2O2S2/c1-12(14-3-2-7-22-14)10-17-15(19)18-13-4-6-20-16(9-13)5-8-21-11-16/h2-3,7,12-13H,4-6,8-11H2,1H3,(H2,17,18,19). The minimum atomic E-state index is -0.0453. The van der Waals surface area contributed by atoms with Crippen LogP contribution in [-0.4, -0.2) is 42.3 Å². The van der Waals surface area contributed by atoms with Gasteiger partial charge < -0.3 is 15.4 Å². The molecule has 1 aromatic rings. The lowest BCUT2D eigenvalue weighted by atomic mass is 9.90. The minimum Gasteiger partial charge on any atom is -0.374 e. The van der Waals surface area contributed by atoms with Gasteiger partial charge in [-0.25, -0.2) is 4.79 Å². The van der Waals surface area contributed by atoms with Crippen molar-refractivity contribution in [3.63, 3.8) is 0 Å². The maximum atomic E-state index is 12.1. The Balaban J connectivity index is 1.43. The van der Waals surface area contributed by atoms with Crippen LogP contribution in [0.25, 0.3) is 0 Å². The first-order valence-corrected chi connectivity index (χ1v) is 10.00. The van der Waals surface area contributed by atoms with Crippen LogP contribution in [-0.2, 0) is 4.74 Å². The van der Waals surface area contributed by atoms with Gasteiger partial charge in [-0.2, -0.15) is 11.8 Å². The molecular formula is C16H24N2O2S2. The lowest BCUT2D eigenvalue weighted by molar-refractivity contribution is -0.0684. The van der Waals surface area contributed by atoms with Gasteiger partial charge in [0.2, 0.25) is 0 Å². The third-order valence-corrected chi connectivity index (χ3v) is 6.82. The van der Waals surface area contributed by atoms with Crippen LogP contribution < -0.4 is 10.6 Å². The first-order valence-electron chi connectivity index (χ1n) is 7.96. The summed E-state index contributed by atoms with van der Waals surface area (Å²) >= 11 is 3.70. The van der Waals surface area contributed by atoms with Gasteiger partial charge in [0.15, 0.2) is 0 Å². The zero-order chi connectivity index (χ0) is 15.4. The number of thioether (sulfide) groups is 1. The lowest BCUT2D eigenvalue weighted by Crippen LogP contribution is -2.51. The van der Waals surface area contributed by atoms with Crippen molar-refractivity contribution >= 4 is 29.1 Å². The third-order valence-electron chi connectivity index (χ3n) is 4.49. The number of carbonyl (C=O) groups excluding carboxylic acids is 1. The zero-order valence-electron chi connectivity index (χ0n) is 13.0. The Morgan fingerprint density at radius 2 is 2.50 bits per heavy atom. The summed E-state index contributed by atoms with van der Waals surface area (Å²) in [5, 5.41) is 8.22. The van der Waals surface area contributed by atoms with E-state index in [4.69, 9.17) is 4.74 Å². The van der Waals surface area contributed by atoms with Gasteiger partial charge in [0.1, 0.15) is 0 Å². The Labute approximate surface area is 140 Å². The summed E-state index contributed by atoms with van der Waals surface area (Å²) in [6.07, 6.45) is 2.99. The molecule has 0 bridgehead atoms. The first-order chi connectivity index (χ1) is 10.7. The molecule has 0 aliphatic carbocycles. The van der Waals surface area contributed by atoms with E-state index in [0.717, 1.165) is 31.6 Å². The average molecular weight is 341 g/mol. The number of ether oxygens (including phenoxy) is 1. The fraction of sp³-hybridized carbons (Fsp3) is 0.688. The second-order valence-corrected chi connectivity index (χ2v) is 8.38. The molecule has 3 atom stereocenters. The Morgan fingerprint density at radius 3 is 3.23 bits per heavy atom. The summed E-state index contributed by atoms with van der Waals surface area (Å²) in [5.41, 5.74) is 0.0190. The van der Waals surface area contributed by atoms with Gasteiger partial charge in [0.25, 0.3) is 0 Å². The molecule has 0 radical (unpaired) electrons. The molecule has 3 heterocycles. The Hall–Kier alpha value is -0.720. The Morgan fingerprint density at radius 1 is 1.59 bits per heavy atom. The molecule has 2 amide bonds. The van der Waals surface area contributed by atoms with E-state index in [0.29, 0.717) is 12.5 Å². The summed E-state index contributed by atoms with van der Waals surface area (Å²) in [5.74, 6) is 2.61. The van der Waals surface area contributed by atoms with Crippen LogP contribution in [0.1, 0.15) is 37.0 Å². The van der Waals surface area contributed by atoms with Crippen LogP contribution in [0.15, 0.2) is 17.5 Å². The molecule has 22 heavy (non-hydrogen) atoms. The molecule has 6 heteroatoms. The van der Waals surface area contributed by atoms with Gasteiger partial charge in [-0.3, -0.25) is 0 Å². The molecule has 2 saturated heterocycles. The molecule has 3 rings (SSSR count). The predicted molar refractivity (Wildman–Crippen MR) is 92.9 cm³/mol. The average Bonchev–Trinajstić information content (AvgIpc) is 3.17. The summed E-state index contributed by atoms with van der Waals surface area (Å²) in [6, 6.07) is 4.37. The zero-order valence-corrected chi connectivity index (χ0v) is 14.6. The van der Waals surface area contributed by atoms with Crippen LogP contribution in [0, 0.1) is 0 Å². The van der Waals surface area contributed by atoms with E-state index < -0.39 is 0 Å². The minimum absolute atomic E-state index is 0.0190. The van der Waals surface area contributed by atoms with Gasteiger partial charge in [0.05, 0.1) is 5.60 Å². The highest BCUT2D eigenvalue weighted by atomic mass is 32.2. The normalized spacial score (nSPS) is 29.4. The van der Waals surface area contributed by atoms with E-state index >= 15 is 0 Å². The summed E-state index contributed by atoms with van der Waals surface area (Å²) in [4.78, 5) is 13.4. The smallest absolute Gasteiger partial charge is 0.315 e. The highest BCUT2D eigenvalue weighted by molar-refractivity contribution is 7.99. The van der Waals surface area contributed by atoms with Crippen molar-refractivity contribution in [2.75, 3.05) is 24.7 Å². The molecule has 122 valence electrons. The highest BCUT2D eigenvalue weighted by Gasteiger charge is 2.40. The highest BCUT2D eigenvalue weighted by Crippen LogP contribution is 2.38. The number of amides is 2.